The molecule has 0 radical (unpaired) electrons. The van der Waals surface area contributed by atoms with Gasteiger partial charge in [0.05, 0.1) is 30.8 Å². The van der Waals surface area contributed by atoms with Crippen LogP contribution in [0.3, 0.4) is 0 Å². The summed E-state index contributed by atoms with van der Waals surface area (Å²) >= 11 is 1.48. The molecule has 2 aromatic rings. The lowest BCUT2D eigenvalue weighted by Crippen LogP contribution is -2.16. The van der Waals surface area contributed by atoms with Gasteiger partial charge in [0.15, 0.2) is 0 Å². The summed E-state index contributed by atoms with van der Waals surface area (Å²) in [5.74, 6) is -1.37. The zero-order valence-corrected chi connectivity index (χ0v) is 14.9. The van der Waals surface area contributed by atoms with Crippen molar-refractivity contribution in [3.8, 4) is 0 Å². The van der Waals surface area contributed by atoms with Crippen molar-refractivity contribution in [3.63, 3.8) is 0 Å². The first-order chi connectivity index (χ1) is 12.0. The van der Waals surface area contributed by atoms with Gasteiger partial charge < -0.3 is 14.8 Å². The number of amides is 1. The van der Waals surface area contributed by atoms with E-state index in [0.29, 0.717) is 5.69 Å². The number of anilines is 1. The predicted molar refractivity (Wildman–Crippen MR) is 95.0 cm³/mol. The SMILES string of the molecule is CCOC(=O)c1cc(NC(=O)Cc2cccs2)cc(C(=O)OCC)c1. The Hall–Kier alpha value is -2.67. The number of carbonyl (C=O) groups is 3. The average molecular weight is 361 g/mol. The molecule has 0 fully saturated rings. The Morgan fingerprint density at radius 2 is 1.60 bits per heavy atom. The van der Waals surface area contributed by atoms with Crippen LogP contribution in [0.1, 0.15) is 39.4 Å². The van der Waals surface area contributed by atoms with Crippen LogP contribution >= 0.6 is 11.3 Å². The van der Waals surface area contributed by atoms with Gasteiger partial charge in [-0.3, -0.25) is 4.79 Å². The summed E-state index contributed by atoms with van der Waals surface area (Å²) in [5, 5.41) is 4.60. The summed E-state index contributed by atoms with van der Waals surface area (Å²) in [7, 11) is 0. The highest BCUT2D eigenvalue weighted by atomic mass is 32.1. The first-order valence-electron chi connectivity index (χ1n) is 7.85. The lowest BCUT2D eigenvalue weighted by molar-refractivity contribution is -0.115. The Bertz CT molecular complexity index is 719. The second kappa shape index (κ2) is 8.98. The van der Waals surface area contributed by atoms with Crippen LogP contribution in [0.25, 0.3) is 0 Å². The first-order valence-corrected chi connectivity index (χ1v) is 8.73. The maximum absolute atomic E-state index is 12.2. The van der Waals surface area contributed by atoms with Gasteiger partial charge in [-0.15, -0.1) is 11.3 Å². The smallest absolute Gasteiger partial charge is 0.338 e. The van der Waals surface area contributed by atoms with Crippen molar-refractivity contribution in [2.45, 2.75) is 20.3 Å². The molecule has 2 rings (SSSR count). The molecule has 132 valence electrons. The number of hydrogen-bond donors (Lipinski definition) is 1. The van der Waals surface area contributed by atoms with E-state index in [-0.39, 0.29) is 36.7 Å². The van der Waals surface area contributed by atoms with Crippen LogP contribution in [0, 0.1) is 0 Å². The second-order valence-corrected chi connectivity index (χ2v) is 6.08. The van der Waals surface area contributed by atoms with Gasteiger partial charge in [0.25, 0.3) is 0 Å². The van der Waals surface area contributed by atoms with Crippen molar-refractivity contribution in [3.05, 3.63) is 51.7 Å². The highest BCUT2D eigenvalue weighted by Crippen LogP contribution is 2.18. The van der Waals surface area contributed by atoms with Crippen LogP contribution in [-0.4, -0.2) is 31.1 Å². The molecule has 0 atom stereocenters. The summed E-state index contributed by atoms with van der Waals surface area (Å²) < 4.78 is 9.93. The molecule has 6 nitrogen and oxygen atoms in total. The lowest BCUT2D eigenvalue weighted by atomic mass is 10.1. The van der Waals surface area contributed by atoms with E-state index in [1.807, 2.05) is 17.5 Å². The van der Waals surface area contributed by atoms with E-state index in [1.165, 1.54) is 29.5 Å². The summed E-state index contributed by atoms with van der Waals surface area (Å²) in [6.45, 7) is 3.80. The van der Waals surface area contributed by atoms with Gasteiger partial charge in [0.1, 0.15) is 0 Å². The van der Waals surface area contributed by atoms with Crippen molar-refractivity contribution in [2.75, 3.05) is 18.5 Å². The lowest BCUT2D eigenvalue weighted by Gasteiger charge is -2.10. The third-order valence-electron chi connectivity index (χ3n) is 3.15. The number of nitrogens with one attached hydrogen (secondary N) is 1. The van der Waals surface area contributed by atoms with Crippen LogP contribution in [0.5, 0.6) is 0 Å². The maximum atomic E-state index is 12.2. The van der Waals surface area contributed by atoms with Crippen LogP contribution in [0.4, 0.5) is 5.69 Å². The molecular formula is C18H19NO5S. The Morgan fingerprint density at radius 3 is 2.08 bits per heavy atom. The first kappa shape index (κ1) is 18.7. The molecule has 25 heavy (non-hydrogen) atoms. The highest BCUT2D eigenvalue weighted by Gasteiger charge is 2.16. The van der Waals surface area contributed by atoms with Crippen molar-refractivity contribution >= 4 is 34.9 Å². The van der Waals surface area contributed by atoms with Crippen LogP contribution in [-0.2, 0) is 20.7 Å². The van der Waals surface area contributed by atoms with Gasteiger partial charge in [0, 0.05) is 10.6 Å². The third-order valence-corrected chi connectivity index (χ3v) is 4.03. The minimum atomic E-state index is -0.567. The second-order valence-electron chi connectivity index (χ2n) is 5.04. The molecule has 0 aliphatic heterocycles. The number of rotatable bonds is 7. The summed E-state index contributed by atoms with van der Waals surface area (Å²) in [4.78, 5) is 37.1. The minimum Gasteiger partial charge on any atom is -0.462 e. The number of esters is 2. The minimum absolute atomic E-state index is 0.179. The summed E-state index contributed by atoms with van der Waals surface area (Å²) in [5.41, 5.74) is 0.702. The van der Waals surface area contributed by atoms with E-state index < -0.39 is 11.9 Å². The van der Waals surface area contributed by atoms with E-state index in [9.17, 15) is 14.4 Å². The monoisotopic (exact) mass is 361 g/mol. The van der Waals surface area contributed by atoms with E-state index in [1.54, 1.807) is 13.8 Å². The molecule has 7 heteroatoms. The number of ether oxygens (including phenoxy) is 2. The molecule has 0 bridgehead atoms. The Morgan fingerprint density at radius 1 is 1.00 bits per heavy atom. The molecule has 0 spiro atoms. The Balaban J connectivity index is 2.23. The third kappa shape index (κ3) is 5.42. The molecule has 1 aromatic carbocycles. The molecule has 0 aliphatic carbocycles. The predicted octanol–water partition coefficient (Wildman–Crippen LogP) is 3.28. The largest absolute Gasteiger partial charge is 0.462 e. The van der Waals surface area contributed by atoms with E-state index in [0.717, 1.165) is 4.88 Å². The van der Waals surface area contributed by atoms with Crippen molar-refractivity contribution in [2.24, 2.45) is 0 Å². The topological polar surface area (TPSA) is 81.7 Å². The molecule has 0 aliphatic rings. The van der Waals surface area contributed by atoms with Gasteiger partial charge in [-0.25, -0.2) is 9.59 Å². The van der Waals surface area contributed by atoms with Gasteiger partial charge in [0.2, 0.25) is 5.91 Å². The quantitative estimate of drug-likeness (QED) is 0.766. The van der Waals surface area contributed by atoms with Gasteiger partial charge in [-0.05, 0) is 43.5 Å². The van der Waals surface area contributed by atoms with E-state index in [4.69, 9.17) is 9.47 Å². The number of carbonyl (C=O) groups excluding carboxylic acids is 3. The zero-order valence-electron chi connectivity index (χ0n) is 14.0. The fraction of sp³-hybridized carbons (Fsp3) is 0.278. The normalized spacial score (nSPS) is 10.2. The van der Waals surface area contributed by atoms with Gasteiger partial charge >= 0.3 is 11.9 Å². The van der Waals surface area contributed by atoms with Crippen molar-refractivity contribution < 1.29 is 23.9 Å². The van der Waals surface area contributed by atoms with E-state index >= 15 is 0 Å². The molecule has 0 saturated carbocycles. The van der Waals surface area contributed by atoms with Crippen LogP contribution < -0.4 is 5.32 Å². The Labute approximate surface area is 149 Å². The van der Waals surface area contributed by atoms with Crippen LogP contribution in [0.2, 0.25) is 0 Å². The van der Waals surface area contributed by atoms with E-state index in [2.05, 4.69) is 5.32 Å². The maximum Gasteiger partial charge on any atom is 0.338 e. The fourth-order valence-corrected chi connectivity index (χ4v) is 2.84. The summed E-state index contributed by atoms with van der Waals surface area (Å²) in [6.07, 6.45) is 0.218. The highest BCUT2D eigenvalue weighted by molar-refractivity contribution is 7.10. The molecular weight excluding hydrogens is 342 g/mol. The zero-order chi connectivity index (χ0) is 18.2. The molecule has 1 N–H and O–H groups in total. The fourth-order valence-electron chi connectivity index (χ4n) is 2.14. The van der Waals surface area contributed by atoms with Crippen molar-refractivity contribution in [1.82, 2.24) is 0 Å². The number of hydrogen-bond acceptors (Lipinski definition) is 6. The number of benzene rings is 1. The Kier molecular flexibility index (Phi) is 6.71. The standard InChI is InChI=1S/C18H19NO5S/c1-3-23-17(21)12-8-13(18(22)24-4-2)10-14(9-12)19-16(20)11-15-6-5-7-25-15/h5-10H,3-4,11H2,1-2H3,(H,19,20). The molecule has 1 heterocycles. The molecule has 0 saturated heterocycles. The summed E-state index contributed by atoms with van der Waals surface area (Å²) in [6, 6.07) is 8.09. The van der Waals surface area contributed by atoms with Gasteiger partial charge in [-0.1, -0.05) is 6.07 Å². The average Bonchev–Trinajstić information content (AvgIpc) is 3.07. The van der Waals surface area contributed by atoms with Crippen molar-refractivity contribution in [1.29, 1.82) is 0 Å². The molecule has 1 aromatic heterocycles. The van der Waals surface area contributed by atoms with Crippen LogP contribution in [0.15, 0.2) is 35.7 Å². The molecule has 0 unspecified atom stereocenters. The number of thiophene rings is 1. The van der Waals surface area contributed by atoms with Gasteiger partial charge in [-0.2, -0.15) is 0 Å². The molecule has 1 amide bonds.